The van der Waals surface area contributed by atoms with Gasteiger partial charge in [0.15, 0.2) is 0 Å². The minimum absolute atomic E-state index is 0.0821. The van der Waals surface area contributed by atoms with E-state index >= 15 is 0 Å². The van der Waals surface area contributed by atoms with Gasteiger partial charge in [0.2, 0.25) is 5.62 Å². The van der Waals surface area contributed by atoms with Gasteiger partial charge in [-0.1, -0.05) is 0 Å². The first-order valence-electron chi connectivity index (χ1n) is 12.4. The number of nitrogens with one attached hydrogen (secondary N) is 2. The lowest BCUT2D eigenvalue weighted by Crippen LogP contribution is -2.31. The van der Waals surface area contributed by atoms with Gasteiger partial charge in [-0.15, -0.1) is 0 Å². The lowest BCUT2D eigenvalue weighted by Gasteiger charge is -2.19. The smallest absolute Gasteiger partial charge is 0.342 e. The van der Waals surface area contributed by atoms with Crippen molar-refractivity contribution in [1.82, 2.24) is 24.4 Å². The molecule has 39 heavy (non-hydrogen) atoms. The molecule has 1 fully saturated rings. The minimum Gasteiger partial charge on any atom is -0.342 e. The average molecular weight is 539 g/mol. The Morgan fingerprint density at radius 2 is 1.92 bits per heavy atom. The van der Waals surface area contributed by atoms with Crippen LogP contribution in [0.5, 0.6) is 0 Å². The van der Waals surface area contributed by atoms with Gasteiger partial charge in [0, 0.05) is 31.2 Å². The lowest BCUT2D eigenvalue weighted by molar-refractivity contribution is -0.137. The number of amides is 1. The maximum atomic E-state index is 13.9. The Balaban J connectivity index is 1.58. The Morgan fingerprint density at radius 1 is 1.15 bits per heavy atom. The molecule has 7 nitrogen and oxygen atoms in total. The van der Waals surface area contributed by atoms with Crippen molar-refractivity contribution in [2.24, 2.45) is 13.0 Å². The molecule has 1 saturated carbocycles. The zero-order valence-corrected chi connectivity index (χ0v) is 21.3. The van der Waals surface area contributed by atoms with Crippen molar-refractivity contribution in [3.63, 3.8) is 0 Å². The van der Waals surface area contributed by atoms with E-state index in [1.165, 1.54) is 12.1 Å². The van der Waals surface area contributed by atoms with Crippen LogP contribution in [0, 0.1) is 24.1 Å². The van der Waals surface area contributed by atoms with Gasteiger partial charge >= 0.3 is 6.18 Å². The molecular formula is C28H26F4N6O. The Labute approximate surface area is 221 Å². The van der Waals surface area contributed by atoms with E-state index in [4.69, 9.17) is 5.41 Å². The molecule has 5 rings (SSSR count). The number of aryl methyl sites for hydroxylation is 2. The molecule has 0 saturated heterocycles. The van der Waals surface area contributed by atoms with Crippen molar-refractivity contribution in [3.05, 3.63) is 101 Å². The van der Waals surface area contributed by atoms with E-state index < -0.39 is 23.5 Å². The quantitative estimate of drug-likeness (QED) is 0.319. The molecule has 1 amide bonds. The van der Waals surface area contributed by atoms with E-state index in [2.05, 4.69) is 15.3 Å². The summed E-state index contributed by atoms with van der Waals surface area (Å²) in [7, 11) is 1.70. The number of halogens is 4. The van der Waals surface area contributed by atoms with E-state index in [0.717, 1.165) is 30.5 Å². The Morgan fingerprint density at radius 3 is 2.56 bits per heavy atom. The van der Waals surface area contributed by atoms with Crippen LogP contribution < -0.4 is 10.9 Å². The van der Waals surface area contributed by atoms with Crippen LogP contribution in [0.15, 0.2) is 61.1 Å². The molecule has 1 unspecified atom stereocenters. The highest BCUT2D eigenvalue weighted by Gasteiger charge is 2.36. The molecule has 3 heterocycles. The Bertz CT molecular complexity index is 1600. The molecule has 4 aromatic rings. The summed E-state index contributed by atoms with van der Waals surface area (Å²) < 4.78 is 58.5. The van der Waals surface area contributed by atoms with Crippen LogP contribution in [0.4, 0.5) is 17.6 Å². The predicted molar refractivity (Wildman–Crippen MR) is 135 cm³/mol. The van der Waals surface area contributed by atoms with Crippen LogP contribution in [-0.4, -0.2) is 25.0 Å². The highest BCUT2D eigenvalue weighted by atomic mass is 19.4. The van der Waals surface area contributed by atoms with Crippen LogP contribution in [0.2, 0.25) is 0 Å². The predicted octanol–water partition coefficient (Wildman–Crippen LogP) is 5.16. The molecule has 3 aromatic heterocycles. The monoisotopic (exact) mass is 538 g/mol. The molecule has 1 aliphatic carbocycles. The number of carbonyl (C=O) groups is 1. The Kier molecular flexibility index (Phi) is 6.83. The number of hydrogen-bond acceptors (Lipinski definition) is 4. The van der Waals surface area contributed by atoms with Gasteiger partial charge in [0.25, 0.3) is 5.91 Å². The second kappa shape index (κ2) is 10.1. The zero-order valence-electron chi connectivity index (χ0n) is 21.3. The molecule has 0 spiro atoms. The molecule has 11 heteroatoms. The molecular weight excluding hydrogens is 512 g/mol. The number of benzene rings is 1. The van der Waals surface area contributed by atoms with E-state index in [9.17, 15) is 22.4 Å². The first kappa shape index (κ1) is 26.3. The third kappa shape index (κ3) is 5.76. The number of aromatic nitrogens is 4. The fourth-order valence-corrected chi connectivity index (χ4v) is 4.56. The fraction of sp³-hybridized carbons (Fsp3) is 0.286. The summed E-state index contributed by atoms with van der Waals surface area (Å²) in [6.07, 6.45) is 2.00. The number of rotatable bonds is 7. The molecule has 1 atom stereocenters. The molecule has 0 aliphatic heterocycles. The summed E-state index contributed by atoms with van der Waals surface area (Å²) >= 11 is 0. The van der Waals surface area contributed by atoms with Crippen molar-refractivity contribution in [3.8, 4) is 11.3 Å². The molecule has 202 valence electrons. The van der Waals surface area contributed by atoms with Crippen LogP contribution in [0.3, 0.4) is 0 Å². The summed E-state index contributed by atoms with van der Waals surface area (Å²) in [4.78, 5) is 22.2. The first-order valence-corrected chi connectivity index (χ1v) is 12.4. The number of alkyl halides is 3. The SMILES string of the molecule is Cc1ccnc(C(NC(=O)c2cc(Cn3ccn(C)c3=N)cc(-c3ccc(F)cc3C(F)(F)F)n2)C2CC2)c1. The second-order valence-electron chi connectivity index (χ2n) is 9.84. The highest BCUT2D eigenvalue weighted by molar-refractivity contribution is 5.93. The van der Waals surface area contributed by atoms with Gasteiger partial charge in [-0.25, -0.2) is 9.37 Å². The summed E-state index contributed by atoms with van der Waals surface area (Å²) in [6, 6.07) is 8.68. The maximum Gasteiger partial charge on any atom is 0.417 e. The van der Waals surface area contributed by atoms with Gasteiger partial charge < -0.3 is 14.5 Å². The Hall–Kier alpha value is -4.28. The molecule has 0 bridgehead atoms. The van der Waals surface area contributed by atoms with E-state index in [-0.39, 0.29) is 41.1 Å². The number of carbonyl (C=O) groups excluding carboxylic acids is 1. The largest absolute Gasteiger partial charge is 0.417 e. The molecule has 0 radical (unpaired) electrons. The number of nitrogens with zero attached hydrogens (tertiary/aromatic N) is 4. The molecule has 2 N–H and O–H groups in total. The normalized spacial score (nSPS) is 14.3. The average Bonchev–Trinajstić information content (AvgIpc) is 3.68. The number of pyridine rings is 2. The molecule has 1 aliphatic rings. The summed E-state index contributed by atoms with van der Waals surface area (Å²) in [6.45, 7) is 2.04. The van der Waals surface area contributed by atoms with Crippen LogP contribution in [0.1, 0.15) is 51.8 Å². The lowest BCUT2D eigenvalue weighted by atomic mass is 10.0. The van der Waals surface area contributed by atoms with Crippen molar-refractivity contribution in [2.45, 2.75) is 38.5 Å². The van der Waals surface area contributed by atoms with Gasteiger partial charge in [0.1, 0.15) is 11.5 Å². The van der Waals surface area contributed by atoms with Gasteiger partial charge in [-0.05, 0) is 79.3 Å². The van der Waals surface area contributed by atoms with Crippen molar-refractivity contribution in [1.29, 1.82) is 5.41 Å². The maximum absolute atomic E-state index is 13.9. The van der Waals surface area contributed by atoms with Gasteiger partial charge in [0.05, 0.1) is 29.5 Å². The highest BCUT2D eigenvalue weighted by Crippen LogP contribution is 2.41. The third-order valence-corrected chi connectivity index (χ3v) is 6.75. The van der Waals surface area contributed by atoms with Gasteiger partial charge in [-0.2, -0.15) is 13.2 Å². The van der Waals surface area contributed by atoms with E-state index in [0.29, 0.717) is 17.3 Å². The van der Waals surface area contributed by atoms with E-state index in [1.54, 1.807) is 34.8 Å². The number of imidazole rings is 1. The summed E-state index contributed by atoms with van der Waals surface area (Å²) in [5, 5.41) is 11.2. The van der Waals surface area contributed by atoms with Crippen molar-refractivity contribution >= 4 is 5.91 Å². The topological polar surface area (TPSA) is 88.6 Å². The zero-order chi connectivity index (χ0) is 27.9. The molecule has 1 aromatic carbocycles. The van der Waals surface area contributed by atoms with E-state index in [1.807, 2.05) is 19.1 Å². The first-order chi connectivity index (χ1) is 18.5. The van der Waals surface area contributed by atoms with Crippen LogP contribution in [0.25, 0.3) is 11.3 Å². The van der Waals surface area contributed by atoms with Crippen molar-refractivity contribution in [2.75, 3.05) is 0 Å². The standard InChI is InChI=1S/C28H26F4N6O/c1-16-7-8-34-23(11-16)25(18-3-4-18)36-26(39)24-13-17(15-38-10-9-37(2)27(38)33)12-22(35-24)20-6-5-19(29)14-21(20)28(30,31)32/h5-14,18,25,33H,3-4,15H2,1-2H3,(H,36,39). The summed E-state index contributed by atoms with van der Waals surface area (Å²) in [5.74, 6) is -1.39. The minimum atomic E-state index is -4.84. The second-order valence-corrected chi connectivity index (χ2v) is 9.84. The van der Waals surface area contributed by atoms with Crippen molar-refractivity contribution < 1.29 is 22.4 Å². The summed E-state index contributed by atoms with van der Waals surface area (Å²) in [5.41, 5.74) is 0.588. The van der Waals surface area contributed by atoms with Crippen LogP contribution >= 0.6 is 0 Å². The number of hydrogen-bond donors (Lipinski definition) is 2. The fourth-order valence-electron chi connectivity index (χ4n) is 4.56. The van der Waals surface area contributed by atoms with Gasteiger partial charge in [-0.3, -0.25) is 15.2 Å². The van der Waals surface area contributed by atoms with Crippen LogP contribution in [-0.2, 0) is 19.8 Å². The third-order valence-electron chi connectivity index (χ3n) is 6.75.